The molecule has 68 valence electrons. The molecule has 0 heterocycles. The predicted octanol–water partition coefficient (Wildman–Crippen LogP) is 1.31. The van der Waals surface area contributed by atoms with Gasteiger partial charge in [-0.2, -0.15) is 0 Å². The van der Waals surface area contributed by atoms with E-state index >= 15 is 0 Å². The van der Waals surface area contributed by atoms with Crippen molar-refractivity contribution in [1.29, 1.82) is 0 Å². The molecule has 3 nitrogen and oxygen atoms in total. The van der Waals surface area contributed by atoms with Gasteiger partial charge in [0.1, 0.15) is 0 Å². The lowest BCUT2D eigenvalue weighted by atomic mass is 10.2. The molecule has 0 radical (unpaired) electrons. The third kappa shape index (κ3) is 3.14. The van der Waals surface area contributed by atoms with Crippen LogP contribution in [0.3, 0.4) is 0 Å². The number of thiocarbonyl (C=S) groups is 1. The van der Waals surface area contributed by atoms with Crippen LogP contribution in [0, 0.1) is 0 Å². The minimum atomic E-state index is -0.108. The lowest BCUT2D eigenvalue weighted by Gasteiger charge is -2.00. The van der Waals surface area contributed by atoms with Gasteiger partial charge in [0, 0.05) is 5.56 Å². The first-order valence-electron chi connectivity index (χ1n) is 3.52. The third-order valence-electron chi connectivity index (χ3n) is 1.31. The predicted molar refractivity (Wildman–Crippen MR) is 58.3 cm³/mol. The van der Waals surface area contributed by atoms with Gasteiger partial charge in [0.25, 0.3) is 0 Å². The molecule has 0 spiro atoms. The topological polar surface area (TPSA) is 55.1 Å². The van der Waals surface area contributed by atoms with Gasteiger partial charge in [0.2, 0.25) is 5.12 Å². The van der Waals surface area contributed by atoms with E-state index in [0.717, 1.165) is 11.8 Å². The minimum absolute atomic E-state index is 0.108. The van der Waals surface area contributed by atoms with Crippen LogP contribution < -0.4 is 11.3 Å². The maximum atomic E-state index is 11.4. The molecule has 0 bridgehead atoms. The van der Waals surface area contributed by atoms with Gasteiger partial charge in [0.15, 0.2) is 4.32 Å². The first kappa shape index (κ1) is 10.2. The molecule has 0 saturated carbocycles. The molecule has 5 heteroatoms. The van der Waals surface area contributed by atoms with Gasteiger partial charge in [-0.05, 0) is 11.8 Å². The highest BCUT2D eigenvalue weighted by molar-refractivity contribution is 8.33. The quantitative estimate of drug-likeness (QED) is 0.417. The molecular weight excluding hydrogens is 204 g/mol. The molecule has 1 aromatic rings. The Morgan fingerprint density at radius 2 is 2.00 bits per heavy atom. The third-order valence-corrected chi connectivity index (χ3v) is 2.40. The highest BCUT2D eigenvalue weighted by atomic mass is 32.2. The molecule has 0 aromatic heterocycles. The number of benzene rings is 1. The zero-order valence-electron chi connectivity index (χ0n) is 6.69. The summed E-state index contributed by atoms with van der Waals surface area (Å²) in [5.41, 5.74) is 2.86. The van der Waals surface area contributed by atoms with E-state index in [-0.39, 0.29) is 9.44 Å². The fourth-order valence-electron chi connectivity index (χ4n) is 0.747. The number of carbonyl (C=O) groups excluding carboxylic acids is 1. The van der Waals surface area contributed by atoms with E-state index in [1.54, 1.807) is 24.3 Å². The molecule has 0 aliphatic rings. The molecular formula is C8H8N2OS2. The molecule has 0 aliphatic carbocycles. The van der Waals surface area contributed by atoms with Crippen molar-refractivity contribution in [2.45, 2.75) is 0 Å². The SMILES string of the molecule is NNC(=S)SC(=O)c1ccccc1. The Morgan fingerprint density at radius 1 is 1.38 bits per heavy atom. The van der Waals surface area contributed by atoms with Gasteiger partial charge in [-0.15, -0.1) is 0 Å². The molecule has 1 rings (SSSR count). The normalized spacial score (nSPS) is 9.31. The second-order valence-corrected chi connectivity index (χ2v) is 3.84. The highest BCUT2D eigenvalue weighted by Crippen LogP contribution is 2.12. The van der Waals surface area contributed by atoms with Gasteiger partial charge in [-0.1, -0.05) is 42.5 Å². The number of hydrogen-bond donors (Lipinski definition) is 2. The second kappa shape index (κ2) is 4.96. The summed E-state index contributed by atoms with van der Waals surface area (Å²) < 4.78 is 0.272. The first-order valence-corrected chi connectivity index (χ1v) is 4.74. The van der Waals surface area contributed by atoms with Crippen LogP contribution in [0.1, 0.15) is 10.4 Å². The minimum Gasteiger partial charge on any atom is -0.309 e. The Morgan fingerprint density at radius 3 is 2.54 bits per heavy atom. The van der Waals surface area contributed by atoms with Crippen molar-refractivity contribution in [3.63, 3.8) is 0 Å². The van der Waals surface area contributed by atoms with Gasteiger partial charge < -0.3 is 5.43 Å². The summed E-state index contributed by atoms with van der Waals surface area (Å²) in [6.45, 7) is 0. The van der Waals surface area contributed by atoms with Gasteiger partial charge >= 0.3 is 0 Å². The molecule has 0 atom stereocenters. The first-order chi connectivity index (χ1) is 6.24. The van der Waals surface area contributed by atoms with Crippen molar-refractivity contribution in [2.24, 2.45) is 5.84 Å². The monoisotopic (exact) mass is 212 g/mol. The standard InChI is InChI=1S/C8H8N2OS2/c9-10-8(12)13-7(11)6-4-2-1-3-5-6/h1-5H,9H2,(H,10,12). The van der Waals surface area contributed by atoms with Crippen LogP contribution >= 0.6 is 24.0 Å². The second-order valence-electron chi connectivity index (χ2n) is 2.19. The fraction of sp³-hybridized carbons (Fsp3) is 0. The van der Waals surface area contributed by atoms with Crippen molar-refractivity contribution in [1.82, 2.24) is 5.43 Å². The van der Waals surface area contributed by atoms with Gasteiger partial charge in [0.05, 0.1) is 0 Å². The van der Waals surface area contributed by atoms with Crippen LogP contribution in [-0.2, 0) is 0 Å². The van der Waals surface area contributed by atoms with Crippen LogP contribution in [0.5, 0.6) is 0 Å². The zero-order chi connectivity index (χ0) is 9.68. The maximum absolute atomic E-state index is 11.4. The van der Waals surface area contributed by atoms with Crippen LogP contribution in [0.2, 0.25) is 0 Å². The van der Waals surface area contributed by atoms with Gasteiger partial charge in [-0.25, -0.2) is 5.84 Å². The van der Waals surface area contributed by atoms with Crippen LogP contribution in [0.15, 0.2) is 30.3 Å². The van der Waals surface area contributed by atoms with Crippen molar-refractivity contribution < 1.29 is 4.79 Å². The Labute approximate surface area is 85.7 Å². The number of rotatable bonds is 1. The molecule has 3 N–H and O–H groups in total. The average molecular weight is 212 g/mol. The summed E-state index contributed by atoms with van der Waals surface area (Å²) in [5.74, 6) is 5.03. The van der Waals surface area contributed by atoms with E-state index in [4.69, 9.17) is 18.1 Å². The van der Waals surface area contributed by atoms with Crippen molar-refractivity contribution in [2.75, 3.05) is 0 Å². The molecule has 0 saturated heterocycles. The number of hydrogen-bond acceptors (Lipinski definition) is 4. The smallest absolute Gasteiger partial charge is 0.226 e. The van der Waals surface area contributed by atoms with E-state index in [2.05, 4.69) is 5.43 Å². The Hall–Kier alpha value is -0.910. The van der Waals surface area contributed by atoms with E-state index < -0.39 is 0 Å². The van der Waals surface area contributed by atoms with Crippen LogP contribution in [-0.4, -0.2) is 9.44 Å². The van der Waals surface area contributed by atoms with E-state index in [9.17, 15) is 4.79 Å². The fourth-order valence-corrected chi connectivity index (χ4v) is 1.46. The summed E-state index contributed by atoms with van der Waals surface area (Å²) in [5, 5.41) is -0.108. The van der Waals surface area contributed by atoms with Crippen LogP contribution in [0.4, 0.5) is 0 Å². The number of nitrogens with two attached hydrogens (primary N) is 1. The maximum Gasteiger partial charge on any atom is 0.226 e. The molecule has 1 aromatic carbocycles. The highest BCUT2D eigenvalue weighted by Gasteiger charge is 2.07. The Kier molecular flexibility index (Phi) is 3.88. The number of nitrogens with one attached hydrogen (secondary N) is 1. The largest absolute Gasteiger partial charge is 0.309 e. The molecule has 0 unspecified atom stereocenters. The van der Waals surface area contributed by atoms with E-state index in [0.29, 0.717) is 5.56 Å². The summed E-state index contributed by atoms with van der Waals surface area (Å²) in [4.78, 5) is 11.4. The van der Waals surface area contributed by atoms with Crippen molar-refractivity contribution in [3.05, 3.63) is 35.9 Å². The lowest BCUT2D eigenvalue weighted by molar-refractivity contribution is 0.109. The molecule has 0 aliphatic heterocycles. The molecule has 0 fully saturated rings. The summed E-state index contributed by atoms with van der Waals surface area (Å²) >= 11 is 5.65. The number of thioether (sulfide) groups is 1. The summed E-state index contributed by atoms with van der Waals surface area (Å²) in [7, 11) is 0. The van der Waals surface area contributed by atoms with Crippen molar-refractivity contribution >= 4 is 33.4 Å². The summed E-state index contributed by atoms with van der Waals surface area (Å²) in [6.07, 6.45) is 0. The number of carbonyl (C=O) groups is 1. The summed E-state index contributed by atoms with van der Waals surface area (Å²) in [6, 6.07) is 8.91. The molecule has 0 amide bonds. The van der Waals surface area contributed by atoms with E-state index in [1.165, 1.54) is 0 Å². The number of hydrazine groups is 1. The molecule has 13 heavy (non-hydrogen) atoms. The lowest BCUT2D eigenvalue weighted by Crippen LogP contribution is -2.26. The van der Waals surface area contributed by atoms with Gasteiger partial charge in [-0.3, -0.25) is 4.79 Å². The Bertz CT molecular complexity index is 313. The van der Waals surface area contributed by atoms with Crippen LogP contribution in [0.25, 0.3) is 0 Å². The zero-order valence-corrected chi connectivity index (χ0v) is 8.32. The Balaban J connectivity index is 2.65. The average Bonchev–Trinajstić information content (AvgIpc) is 2.19. The van der Waals surface area contributed by atoms with E-state index in [1.807, 2.05) is 6.07 Å². The van der Waals surface area contributed by atoms with Crippen molar-refractivity contribution in [3.8, 4) is 0 Å².